The number of carbonyl (C=O) groups is 1. The van der Waals surface area contributed by atoms with Crippen LogP contribution in [0.5, 0.6) is 0 Å². The van der Waals surface area contributed by atoms with Gasteiger partial charge in [-0.2, -0.15) is 0 Å². The minimum absolute atomic E-state index is 0.201. The van der Waals surface area contributed by atoms with E-state index >= 15 is 0 Å². The first kappa shape index (κ1) is 13.1. The minimum Gasteiger partial charge on any atom is -0.339 e. The van der Waals surface area contributed by atoms with Crippen molar-refractivity contribution in [1.29, 1.82) is 0 Å². The summed E-state index contributed by atoms with van der Waals surface area (Å²) in [5.74, 6) is 0.953. The fraction of sp³-hybridized carbons (Fsp3) is 0.562. The molecule has 1 aliphatic rings. The number of likely N-dealkylation sites (tertiary alicyclic amines) is 1. The zero-order valence-electron chi connectivity index (χ0n) is 11.7. The average Bonchev–Trinajstić information content (AvgIpc) is 2.57. The van der Waals surface area contributed by atoms with Gasteiger partial charge < -0.3 is 4.90 Å². The molecule has 1 aromatic rings. The molecule has 1 heterocycles. The van der Waals surface area contributed by atoms with Gasteiger partial charge in [-0.3, -0.25) is 4.79 Å². The maximum absolute atomic E-state index is 12.4. The van der Waals surface area contributed by atoms with Crippen LogP contribution in [-0.2, 0) is 0 Å². The second-order valence-electron chi connectivity index (χ2n) is 5.63. The Morgan fingerprint density at radius 2 is 1.94 bits per heavy atom. The molecule has 1 aliphatic heterocycles. The van der Waals surface area contributed by atoms with Gasteiger partial charge in [0.1, 0.15) is 0 Å². The van der Waals surface area contributed by atoms with Crippen LogP contribution in [0.1, 0.15) is 47.7 Å². The Bertz CT molecular complexity index is 439. The van der Waals surface area contributed by atoms with E-state index in [1.54, 1.807) is 0 Å². The van der Waals surface area contributed by atoms with E-state index in [1.807, 2.05) is 23.1 Å². The third-order valence-corrected chi connectivity index (χ3v) is 4.06. The van der Waals surface area contributed by atoms with Crippen molar-refractivity contribution in [2.45, 2.75) is 40.0 Å². The van der Waals surface area contributed by atoms with Gasteiger partial charge in [0.2, 0.25) is 0 Å². The lowest BCUT2D eigenvalue weighted by Gasteiger charge is -2.21. The molecule has 0 radical (unpaired) electrons. The van der Waals surface area contributed by atoms with E-state index in [-0.39, 0.29) is 5.91 Å². The molecule has 1 fully saturated rings. The number of carbonyl (C=O) groups excluding carboxylic acids is 1. The molecule has 98 valence electrons. The maximum Gasteiger partial charge on any atom is 0.253 e. The van der Waals surface area contributed by atoms with Crippen molar-refractivity contribution in [3.05, 3.63) is 34.9 Å². The fourth-order valence-corrected chi connectivity index (χ4v) is 2.52. The minimum atomic E-state index is 0.201. The Morgan fingerprint density at radius 3 is 2.67 bits per heavy atom. The molecule has 2 rings (SSSR count). The Hall–Kier alpha value is -1.31. The third-order valence-electron chi connectivity index (χ3n) is 4.06. The first-order valence-electron chi connectivity index (χ1n) is 6.94. The first-order chi connectivity index (χ1) is 8.58. The van der Waals surface area contributed by atoms with Crippen LogP contribution >= 0.6 is 0 Å². The molecule has 0 bridgehead atoms. The fourth-order valence-electron chi connectivity index (χ4n) is 2.52. The van der Waals surface area contributed by atoms with Crippen molar-refractivity contribution < 1.29 is 4.79 Å². The molecule has 0 saturated carbocycles. The number of rotatable bonds is 1. The summed E-state index contributed by atoms with van der Waals surface area (Å²) in [7, 11) is 0. The maximum atomic E-state index is 12.4. The van der Waals surface area contributed by atoms with Crippen LogP contribution in [0.25, 0.3) is 0 Å². The zero-order valence-corrected chi connectivity index (χ0v) is 11.7. The molecular formula is C16H23NO. The molecule has 1 amide bonds. The summed E-state index contributed by atoms with van der Waals surface area (Å²) < 4.78 is 0. The number of aryl methyl sites for hydroxylation is 2. The first-order valence-corrected chi connectivity index (χ1v) is 6.94. The van der Waals surface area contributed by atoms with Crippen LogP contribution < -0.4 is 0 Å². The molecule has 1 aromatic carbocycles. The molecule has 1 saturated heterocycles. The molecule has 1 atom stereocenters. The number of hydrogen-bond acceptors (Lipinski definition) is 1. The highest BCUT2D eigenvalue weighted by atomic mass is 16.2. The Labute approximate surface area is 110 Å². The van der Waals surface area contributed by atoms with Crippen molar-refractivity contribution in [1.82, 2.24) is 4.90 Å². The SMILES string of the molecule is Cc1ccc(C(=O)N2CCCC(C)CC2)cc1C. The number of hydrogen-bond donors (Lipinski definition) is 0. The van der Waals surface area contributed by atoms with Crippen molar-refractivity contribution >= 4 is 5.91 Å². The van der Waals surface area contributed by atoms with Crippen LogP contribution in [-0.4, -0.2) is 23.9 Å². The van der Waals surface area contributed by atoms with Crippen molar-refractivity contribution in [3.63, 3.8) is 0 Å². The zero-order chi connectivity index (χ0) is 13.1. The van der Waals surface area contributed by atoms with E-state index in [9.17, 15) is 4.79 Å². The van der Waals surface area contributed by atoms with Crippen molar-refractivity contribution in [2.24, 2.45) is 5.92 Å². The second kappa shape index (κ2) is 5.55. The molecule has 0 N–H and O–H groups in total. The lowest BCUT2D eigenvalue weighted by molar-refractivity contribution is 0.0760. The Morgan fingerprint density at radius 1 is 1.17 bits per heavy atom. The molecule has 0 aromatic heterocycles. The summed E-state index contributed by atoms with van der Waals surface area (Å²) in [5.41, 5.74) is 3.28. The van der Waals surface area contributed by atoms with E-state index in [0.717, 1.165) is 37.4 Å². The van der Waals surface area contributed by atoms with E-state index in [4.69, 9.17) is 0 Å². The standard InChI is InChI=1S/C16H23NO/c1-12-5-4-9-17(10-8-12)16(18)15-7-6-13(2)14(3)11-15/h6-7,11-12H,4-5,8-10H2,1-3H3. The summed E-state index contributed by atoms with van der Waals surface area (Å²) in [6, 6.07) is 6.02. The molecular weight excluding hydrogens is 222 g/mol. The van der Waals surface area contributed by atoms with Crippen LogP contribution in [0, 0.1) is 19.8 Å². The largest absolute Gasteiger partial charge is 0.339 e. The van der Waals surface area contributed by atoms with Crippen LogP contribution in [0.2, 0.25) is 0 Å². The lowest BCUT2D eigenvalue weighted by Crippen LogP contribution is -2.32. The summed E-state index contributed by atoms with van der Waals surface area (Å²) in [5, 5.41) is 0. The third kappa shape index (κ3) is 2.92. The number of benzene rings is 1. The van der Waals surface area contributed by atoms with E-state index in [2.05, 4.69) is 20.8 Å². The van der Waals surface area contributed by atoms with Gasteiger partial charge in [0.25, 0.3) is 5.91 Å². The molecule has 0 spiro atoms. The van der Waals surface area contributed by atoms with Gasteiger partial charge in [-0.1, -0.05) is 13.0 Å². The van der Waals surface area contributed by atoms with Crippen LogP contribution in [0.3, 0.4) is 0 Å². The van der Waals surface area contributed by atoms with E-state index in [1.165, 1.54) is 17.5 Å². The van der Waals surface area contributed by atoms with Gasteiger partial charge in [0, 0.05) is 18.7 Å². The van der Waals surface area contributed by atoms with Gasteiger partial charge in [0.15, 0.2) is 0 Å². The van der Waals surface area contributed by atoms with Crippen LogP contribution in [0.15, 0.2) is 18.2 Å². The summed E-state index contributed by atoms with van der Waals surface area (Å²) in [4.78, 5) is 14.5. The van der Waals surface area contributed by atoms with Gasteiger partial charge >= 0.3 is 0 Å². The van der Waals surface area contributed by atoms with Crippen LogP contribution in [0.4, 0.5) is 0 Å². The predicted molar refractivity (Wildman–Crippen MR) is 74.8 cm³/mol. The Kier molecular flexibility index (Phi) is 4.05. The highest BCUT2D eigenvalue weighted by Gasteiger charge is 2.19. The topological polar surface area (TPSA) is 20.3 Å². The van der Waals surface area contributed by atoms with E-state index < -0.39 is 0 Å². The second-order valence-corrected chi connectivity index (χ2v) is 5.63. The lowest BCUT2D eigenvalue weighted by atomic mass is 10.0. The van der Waals surface area contributed by atoms with Gasteiger partial charge in [-0.05, 0) is 62.3 Å². The van der Waals surface area contributed by atoms with Crippen molar-refractivity contribution in [3.8, 4) is 0 Å². The average molecular weight is 245 g/mol. The van der Waals surface area contributed by atoms with Gasteiger partial charge in [-0.25, -0.2) is 0 Å². The Balaban J connectivity index is 2.12. The van der Waals surface area contributed by atoms with Gasteiger partial charge in [0.05, 0.1) is 0 Å². The summed E-state index contributed by atoms with van der Waals surface area (Å²) >= 11 is 0. The predicted octanol–water partition coefficient (Wildman–Crippen LogP) is 3.57. The molecule has 0 aliphatic carbocycles. The highest BCUT2D eigenvalue weighted by Crippen LogP contribution is 2.19. The molecule has 2 heteroatoms. The normalized spacial score (nSPS) is 20.6. The number of amides is 1. The molecule has 2 nitrogen and oxygen atoms in total. The quantitative estimate of drug-likeness (QED) is 0.740. The van der Waals surface area contributed by atoms with Gasteiger partial charge in [-0.15, -0.1) is 0 Å². The smallest absolute Gasteiger partial charge is 0.253 e. The van der Waals surface area contributed by atoms with Crippen molar-refractivity contribution in [2.75, 3.05) is 13.1 Å². The molecule has 1 unspecified atom stereocenters. The monoisotopic (exact) mass is 245 g/mol. The number of nitrogens with zero attached hydrogens (tertiary/aromatic N) is 1. The molecule has 18 heavy (non-hydrogen) atoms. The summed E-state index contributed by atoms with van der Waals surface area (Å²) in [6.07, 6.45) is 3.52. The van der Waals surface area contributed by atoms with E-state index in [0.29, 0.717) is 0 Å². The highest BCUT2D eigenvalue weighted by molar-refractivity contribution is 5.94. The summed E-state index contributed by atoms with van der Waals surface area (Å²) in [6.45, 7) is 8.25.